The Morgan fingerprint density at radius 3 is 2.82 bits per heavy atom. The van der Waals surface area contributed by atoms with Crippen molar-refractivity contribution in [3.8, 4) is 0 Å². The predicted molar refractivity (Wildman–Crippen MR) is 53.7 cm³/mol. The third kappa shape index (κ3) is 2.05. The zero-order chi connectivity index (χ0) is 8.27. The summed E-state index contributed by atoms with van der Waals surface area (Å²) in [5.74, 6) is 0. The first kappa shape index (κ1) is 8.28. The highest BCUT2D eigenvalue weighted by Gasteiger charge is 1.95. The molecule has 0 aliphatic carbocycles. The van der Waals surface area contributed by atoms with Gasteiger partial charge in [0.2, 0.25) is 0 Å². The molecular weight excluding hydrogens is 152 g/mol. The number of hydrogen-bond donors (Lipinski definition) is 0. The SMILES string of the molecule is C=Cc1ccsc1C=C(C)C. The van der Waals surface area contributed by atoms with E-state index in [0.717, 1.165) is 0 Å². The van der Waals surface area contributed by atoms with E-state index in [4.69, 9.17) is 0 Å². The highest BCUT2D eigenvalue weighted by atomic mass is 32.1. The van der Waals surface area contributed by atoms with Crippen molar-refractivity contribution in [2.45, 2.75) is 13.8 Å². The Kier molecular flexibility index (Phi) is 2.66. The van der Waals surface area contributed by atoms with Crippen LogP contribution >= 0.6 is 11.3 Å². The van der Waals surface area contributed by atoms with Crippen LogP contribution in [0.15, 0.2) is 23.6 Å². The normalized spacial score (nSPS) is 9.27. The van der Waals surface area contributed by atoms with E-state index in [-0.39, 0.29) is 0 Å². The van der Waals surface area contributed by atoms with Gasteiger partial charge < -0.3 is 0 Å². The van der Waals surface area contributed by atoms with Crippen LogP contribution in [0.1, 0.15) is 24.3 Å². The molecule has 0 aliphatic heterocycles. The smallest absolute Gasteiger partial charge is 0.0341 e. The Hall–Kier alpha value is -0.820. The third-order valence-corrected chi connectivity index (χ3v) is 2.25. The fraction of sp³-hybridized carbons (Fsp3) is 0.200. The molecule has 0 unspecified atom stereocenters. The summed E-state index contributed by atoms with van der Waals surface area (Å²) in [5.41, 5.74) is 2.56. The molecule has 11 heavy (non-hydrogen) atoms. The van der Waals surface area contributed by atoms with Crippen molar-refractivity contribution in [2.75, 3.05) is 0 Å². The van der Waals surface area contributed by atoms with Crippen molar-refractivity contribution >= 4 is 23.5 Å². The van der Waals surface area contributed by atoms with E-state index >= 15 is 0 Å². The van der Waals surface area contributed by atoms with Crippen molar-refractivity contribution < 1.29 is 0 Å². The highest BCUT2D eigenvalue weighted by molar-refractivity contribution is 7.11. The van der Waals surface area contributed by atoms with Crippen molar-refractivity contribution in [1.82, 2.24) is 0 Å². The van der Waals surface area contributed by atoms with Crippen LogP contribution in [-0.4, -0.2) is 0 Å². The van der Waals surface area contributed by atoms with Crippen LogP contribution in [0.5, 0.6) is 0 Å². The summed E-state index contributed by atoms with van der Waals surface area (Å²) in [6.45, 7) is 7.96. The second kappa shape index (κ2) is 3.54. The van der Waals surface area contributed by atoms with Crippen LogP contribution in [0, 0.1) is 0 Å². The minimum atomic E-state index is 1.23. The van der Waals surface area contributed by atoms with Gasteiger partial charge in [-0.25, -0.2) is 0 Å². The lowest BCUT2D eigenvalue weighted by molar-refractivity contribution is 1.43. The Morgan fingerprint density at radius 1 is 1.55 bits per heavy atom. The fourth-order valence-electron chi connectivity index (χ4n) is 0.879. The largest absolute Gasteiger partial charge is 0.144 e. The van der Waals surface area contributed by atoms with E-state index in [2.05, 4.69) is 37.9 Å². The second-order valence-electron chi connectivity index (χ2n) is 2.67. The Bertz CT molecular complexity index is 275. The summed E-state index contributed by atoms with van der Waals surface area (Å²) in [6, 6.07) is 2.09. The molecule has 0 amide bonds. The molecule has 1 aromatic rings. The van der Waals surface area contributed by atoms with Gasteiger partial charge in [-0.3, -0.25) is 0 Å². The van der Waals surface area contributed by atoms with E-state index in [9.17, 15) is 0 Å². The standard InChI is InChI=1S/C10H12S/c1-4-9-5-6-11-10(9)7-8(2)3/h4-7H,1H2,2-3H3. The molecule has 1 heteroatoms. The molecule has 0 spiro atoms. The molecule has 0 atom stereocenters. The first-order valence-corrected chi connectivity index (χ1v) is 4.47. The van der Waals surface area contributed by atoms with E-state index < -0.39 is 0 Å². The summed E-state index contributed by atoms with van der Waals surface area (Å²) in [7, 11) is 0. The summed E-state index contributed by atoms with van der Waals surface area (Å²) >= 11 is 1.75. The van der Waals surface area contributed by atoms with Gasteiger partial charge in [-0.1, -0.05) is 18.2 Å². The Labute approximate surface area is 71.9 Å². The molecule has 0 bridgehead atoms. The summed E-state index contributed by atoms with van der Waals surface area (Å²) in [6.07, 6.45) is 4.08. The maximum Gasteiger partial charge on any atom is 0.0341 e. The topological polar surface area (TPSA) is 0 Å². The monoisotopic (exact) mass is 164 g/mol. The van der Waals surface area contributed by atoms with E-state index in [1.54, 1.807) is 11.3 Å². The molecule has 0 saturated carbocycles. The minimum absolute atomic E-state index is 1.23. The van der Waals surface area contributed by atoms with Crippen LogP contribution in [-0.2, 0) is 0 Å². The lowest BCUT2D eigenvalue weighted by atomic mass is 10.2. The number of thiophene rings is 1. The quantitative estimate of drug-likeness (QED) is 0.623. The molecule has 1 rings (SSSR count). The molecule has 1 heterocycles. The number of hydrogen-bond acceptors (Lipinski definition) is 1. The van der Waals surface area contributed by atoms with Gasteiger partial charge in [0, 0.05) is 4.88 Å². The van der Waals surface area contributed by atoms with Crippen molar-refractivity contribution in [3.05, 3.63) is 34.0 Å². The van der Waals surface area contributed by atoms with Crippen LogP contribution < -0.4 is 0 Å². The summed E-state index contributed by atoms with van der Waals surface area (Å²) in [4.78, 5) is 1.31. The van der Waals surface area contributed by atoms with Crippen LogP contribution in [0.3, 0.4) is 0 Å². The molecule has 0 fully saturated rings. The van der Waals surface area contributed by atoms with E-state index in [1.807, 2.05) is 6.08 Å². The third-order valence-electron chi connectivity index (χ3n) is 1.37. The maximum atomic E-state index is 3.75. The molecule has 0 saturated heterocycles. The molecule has 58 valence electrons. The molecule has 0 aliphatic rings. The van der Waals surface area contributed by atoms with E-state index in [0.29, 0.717) is 0 Å². The zero-order valence-corrected chi connectivity index (χ0v) is 7.74. The lowest BCUT2D eigenvalue weighted by Gasteiger charge is -1.91. The molecule has 0 radical (unpaired) electrons. The molecule has 0 aromatic carbocycles. The lowest BCUT2D eigenvalue weighted by Crippen LogP contribution is -1.69. The molecular formula is C10H12S. The average Bonchev–Trinajstić information content (AvgIpc) is 2.34. The minimum Gasteiger partial charge on any atom is -0.144 e. The van der Waals surface area contributed by atoms with Gasteiger partial charge in [-0.15, -0.1) is 11.3 Å². The highest BCUT2D eigenvalue weighted by Crippen LogP contribution is 2.20. The maximum absolute atomic E-state index is 3.75. The summed E-state index contributed by atoms with van der Waals surface area (Å²) in [5, 5.41) is 2.09. The van der Waals surface area contributed by atoms with Crippen molar-refractivity contribution in [2.24, 2.45) is 0 Å². The van der Waals surface area contributed by atoms with Crippen molar-refractivity contribution in [3.63, 3.8) is 0 Å². The Morgan fingerprint density at radius 2 is 2.27 bits per heavy atom. The van der Waals surface area contributed by atoms with Crippen LogP contribution in [0.25, 0.3) is 12.2 Å². The zero-order valence-electron chi connectivity index (χ0n) is 6.92. The molecule has 1 aromatic heterocycles. The average molecular weight is 164 g/mol. The predicted octanol–water partition coefficient (Wildman–Crippen LogP) is 3.81. The Balaban J connectivity index is 3.03. The fourth-order valence-corrected chi connectivity index (χ4v) is 1.83. The first-order chi connectivity index (χ1) is 5.24. The molecule has 0 nitrogen and oxygen atoms in total. The van der Waals surface area contributed by atoms with Gasteiger partial charge in [0.05, 0.1) is 0 Å². The summed E-state index contributed by atoms with van der Waals surface area (Å²) < 4.78 is 0. The number of rotatable bonds is 2. The van der Waals surface area contributed by atoms with Gasteiger partial charge in [0.25, 0.3) is 0 Å². The van der Waals surface area contributed by atoms with Crippen LogP contribution in [0.4, 0.5) is 0 Å². The molecule has 0 N–H and O–H groups in total. The first-order valence-electron chi connectivity index (χ1n) is 3.59. The number of allylic oxidation sites excluding steroid dienone is 1. The van der Waals surface area contributed by atoms with Crippen LogP contribution in [0.2, 0.25) is 0 Å². The van der Waals surface area contributed by atoms with E-state index in [1.165, 1.54) is 16.0 Å². The van der Waals surface area contributed by atoms with Gasteiger partial charge >= 0.3 is 0 Å². The second-order valence-corrected chi connectivity index (χ2v) is 3.61. The van der Waals surface area contributed by atoms with Gasteiger partial charge in [-0.05, 0) is 36.9 Å². The van der Waals surface area contributed by atoms with Gasteiger partial charge in [0.1, 0.15) is 0 Å². The van der Waals surface area contributed by atoms with Crippen molar-refractivity contribution in [1.29, 1.82) is 0 Å². The van der Waals surface area contributed by atoms with Gasteiger partial charge in [-0.2, -0.15) is 0 Å². The van der Waals surface area contributed by atoms with Gasteiger partial charge in [0.15, 0.2) is 0 Å².